The lowest BCUT2D eigenvalue weighted by Crippen LogP contribution is -3.07. The van der Waals surface area contributed by atoms with Crippen molar-refractivity contribution in [2.45, 2.75) is 13.0 Å². The van der Waals surface area contributed by atoms with Crippen molar-refractivity contribution in [3.8, 4) is 0 Å². The van der Waals surface area contributed by atoms with E-state index < -0.39 is 5.97 Å². The molecule has 0 aromatic heterocycles. The van der Waals surface area contributed by atoms with Crippen molar-refractivity contribution in [3.63, 3.8) is 0 Å². The van der Waals surface area contributed by atoms with Gasteiger partial charge in [-0.05, 0) is 12.1 Å². The normalized spacial score (nSPS) is 12.4. The molecule has 0 aliphatic carbocycles. The molecule has 0 amide bonds. The smallest absolute Gasteiger partial charge is 0.103 e. The molecule has 1 atom stereocenters. The second-order valence-electron chi connectivity index (χ2n) is 3.63. The van der Waals surface area contributed by atoms with E-state index >= 15 is 0 Å². The minimum absolute atomic E-state index is 0.113. The first-order chi connectivity index (χ1) is 7.08. The van der Waals surface area contributed by atoms with Gasteiger partial charge in [-0.1, -0.05) is 28.1 Å². The molecule has 1 N–H and O–H groups in total. The molecule has 0 heterocycles. The molecular formula is C11H14BrNO2. The number of halogens is 1. The van der Waals surface area contributed by atoms with Gasteiger partial charge in [-0.15, -0.1) is 0 Å². The van der Waals surface area contributed by atoms with Crippen LogP contribution in [0.1, 0.15) is 12.0 Å². The van der Waals surface area contributed by atoms with Crippen LogP contribution < -0.4 is 10.0 Å². The predicted octanol–water partition coefficient (Wildman–Crippen LogP) is -0.396. The Labute approximate surface area is 97.8 Å². The second-order valence-corrected chi connectivity index (χ2v) is 4.55. The molecule has 4 heteroatoms. The molecule has 1 aromatic carbocycles. The van der Waals surface area contributed by atoms with Crippen LogP contribution in [0.5, 0.6) is 0 Å². The summed E-state index contributed by atoms with van der Waals surface area (Å²) in [5.74, 6) is -0.981. The third-order valence-corrected chi connectivity index (χ3v) is 2.70. The van der Waals surface area contributed by atoms with Crippen LogP contribution in [0.2, 0.25) is 0 Å². The van der Waals surface area contributed by atoms with E-state index in [-0.39, 0.29) is 6.42 Å². The lowest BCUT2D eigenvalue weighted by atomic mass is 10.2. The molecule has 0 aliphatic heterocycles. The molecule has 1 unspecified atom stereocenters. The molecule has 0 aliphatic rings. The summed E-state index contributed by atoms with van der Waals surface area (Å²) in [5, 5.41) is 10.3. The largest absolute Gasteiger partial charge is 0.550 e. The van der Waals surface area contributed by atoms with Gasteiger partial charge in [0.1, 0.15) is 6.54 Å². The van der Waals surface area contributed by atoms with Gasteiger partial charge >= 0.3 is 0 Å². The van der Waals surface area contributed by atoms with Crippen LogP contribution in [0.15, 0.2) is 28.7 Å². The molecule has 3 nitrogen and oxygen atoms in total. The van der Waals surface area contributed by atoms with Gasteiger partial charge in [-0.3, -0.25) is 0 Å². The first-order valence-corrected chi connectivity index (χ1v) is 5.63. The number of rotatable bonds is 5. The molecule has 0 saturated carbocycles. The molecule has 15 heavy (non-hydrogen) atoms. The summed E-state index contributed by atoms with van der Waals surface area (Å²) < 4.78 is 1.05. The fourth-order valence-corrected chi connectivity index (χ4v) is 1.62. The summed E-state index contributed by atoms with van der Waals surface area (Å²) in [6.07, 6.45) is 0.113. The lowest BCUT2D eigenvalue weighted by molar-refractivity contribution is -0.893. The van der Waals surface area contributed by atoms with E-state index in [2.05, 4.69) is 15.9 Å². The van der Waals surface area contributed by atoms with E-state index in [0.717, 1.165) is 11.0 Å². The lowest BCUT2D eigenvalue weighted by Gasteiger charge is -2.14. The highest BCUT2D eigenvalue weighted by Gasteiger charge is 2.03. The monoisotopic (exact) mass is 271 g/mol. The van der Waals surface area contributed by atoms with Gasteiger partial charge < -0.3 is 14.8 Å². The summed E-state index contributed by atoms with van der Waals surface area (Å²) in [6, 6.07) is 8.04. The highest BCUT2D eigenvalue weighted by atomic mass is 79.9. The van der Waals surface area contributed by atoms with Crippen molar-refractivity contribution in [2.75, 3.05) is 13.6 Å². The maximum Gasteiger partial charge on any atom is 0.103 e. The van der Waals surface area contributed by atoms with Crippen molar-refractivity contribution in [1.29, 1.82) is 0 Å². The number of carbonyl (C=O) groups is 1. The van der Waals surface area contributed by atoms with Gasteiger partial charge in [0.25, 0.3) is 0 Å². The summed E-state index contributed by atoms with van der Waals surface area (Å²) in [4.78, 5) is 11.4. The number of hydrogen-bond donors (Lipinski definition) is 1. The maximum absolute atomic E-state index is 10.3. The SMILES string of the molecule is C[NH+](CCC(=O)[O-])Cc1ccc(Br)cc1. The van der Waals surface area contributed by atoms with Gasteiger partial charge in [0.15, 0.2) is 0 Å². The Hall–Kier alpha value is -0.870. The van der Waals surface area contributed by atoms with E-state index in [1.54, 1.807) is 0 Å². The fraction of sp³-hybridized carbons (Fsp3) is 0.364. The standard InChI is InChI=1S/C11H14BrNO2/c1-13(7-6-11(14)15)8-9-2-4-10(12)5-3-9/h2-5H,6-8H2,1H3,(H,14,15). The van der Waals surface area contributed by atoms with E-state index in [1.165, 1.54) is 10.5 Å². The van der Waals surface area contributed by atoms with Crippen molar-refractivity contribution in [2.24, 2.45) is 0 Å². The first-order valence-electron chi connectivity index (χ1n) is 4.83. The van der Waals surface area contributed by atoms with Gasteiger partial charge in [-0.2, -0.15) is 0 Å². The summed E-state index contributed by atoms with van der Waals surface area (Å²) >= 11 is 3.37. The first kappa shape index (κ1) is 12.2. The number of aliphatic carboxylic acids is 1. The third-order valence-electron chi connectivity index (χ3n) is 2.18. The number of carboxylic acids is 1. The molecule has 1 rings (SSSR count). The number of quaternary nitrogens is 1. The zero-order valence-electron chi connectivity index (χ0n) is 8.63. The minimum Gasteiger partial charge on any atom is -0.550 e. The van der Waals surface area contributed by atoms with Crippen LogP contribution >= 0.6 is 15.9 Å². The van der Waals surface area contributed by atoms with Crippen molar-refractivity contribution in [3.05, 3.63) is 34.3 Å². The predicted molar refractivity (Wildman–Crippen MR) is 59.2 cm³/mol. The van der Waals surface area contributed by atoms with Crippen LogP contribution in [0.3, 0.4) is 0 Å². The van der Waals surface area contributed by atoms with Crippen LogP contribution in [0, 0.1) is 0 Å². The van der Waals surface area contributed by atoms with Gasteiger partial charge in [0.05, 0.1) is 13.6 Å². The molecule has 0 fully saturated rings. The molecule has 0 saturated heterocycles. The number of hydrogen-bond acceptors (Lipinski definition) is 2. The van der Waals surface area contributed by atoms with Crippen LogP contribution in [-0.4, -0.2) is 19.6 Å². The summed E-state index contributed by atoms with van der Waals surface area (Å²) in [7, 11) is 1.98. The Bertz CT molecular complexity index is 324. The average molecular weight is 272 g/mol. The highest BCUT2D eigenvalue weighted by Crippen LogP contribution is 2.09. The Morgan fingerprint density at radius 1 is 1.40 bits per heavy atom. The molecule has 1 aromatic rings. The van der Waals surface area contributed by atoms with E-state index in [0.29, 0.717) is 6.54 Å². The maximum atomic E-state index is 10.3. The number of benzene rings is 1. The topological polar surface area (TPSA) is 44.6 Å². The van der Waals surface area contributed by atoms with Crippen LogP contribution in [0.25, 0.3) is 0 Å². The quantitative estimate of drug-likeness (QED) is 0.793. The highest BCUT2D eigenvalue weighted by molar-refractivity contribution is 9.10. The van der Waals surface area contributed by atoms with Gasteiger partial charge in [0.2, 0.25) is 0 Å². The van der Waals surface area contributed by atoms with Crippen molar-refractivity contribution < 1.29 is 14.8 Å². The Kier molecular flexibility index (Phi) is 4.78. The van der Waals surface area contributed by atoms with E-state index in [4.69, 9.17) is 0 Å². The Morgan fingerprint density at radius 2 is 2.00 bits per heavy atom. The molecule has 0 bridgehead atoms. The average Bonchev–Trinajstić information content (AvgIpc) is 2.19. The van der Waals surface area contributed by atoms with E-state index in [1.807, 2.05) is 31.3 Å². The van der Waals surface area contributed by atoms with E-state index in [9.17, 15) is 9.90 Å². The fourth-order valence-electron chi connectivity index (χ4n) is 1.35. The molecule has 82 valence electrons. The Morgan fingerprint density at radius 3 is 2.53 bits per heavy atom. The number of nitrogens with one attached hydrogen (secondary N) is 1. The summed E-state index contributed by atoms with van der Waals surface area (Å²) in [5.41, 5.74) is 1.20. The molecular weight excluding hydrogens is 258 g/mol. The van der Waals surface area contributed by atoms with Crippen LogP contribution in [-0.2, 0) is 11.3 Å². The molecule has 0 radical (unpaired) electrons. The number of carboxylic acid groups (broad SMARTS) is 1. The Balaban J connectivity index is 2.40. The van der Waals surface area contributed by atoms with Crippen molar-refractivity contribution in [1.82, 2.24) is 0 Å². The van der Waals surface area contributed by atoms with Crippen LogP contribution in [0.4, 0.5) is 0 Å². The minimum atomic E-state index is -0.981. The zero-order chi connectivity index (χ0) is 11.3. The van der Waals surface area contributed by atoms with Gasteiger partial charge in [0, 0.05) is 22.4 Å². The summed E-state index contributed by atoms with van der Waals surface area (Å²) in [6.45, 7) is 1.43. The van der Waals surface area contributed by atoms with Crippen molar-refractivity contribution >= 4 is 21.9 Å². The number of carbonyl (C=O) groups excluding carboxylic acids is 1. The second kappa shape index (κ2) is 5.88. The molecule has 0 spiro atoms. The van der Waals surface area contributed by atoms with Gasteiger partial charge in [-0.25, -0.2) is 0 Å². The zero-order valence-corrected chi connectivity index (χ0v) is 10.2. The third kappa shape index (κ3) is 4.95.